The quantitative estimate of drug-likeness (QED) is 0.380. The van der Waals surface area contributed by atoms with E-state index in [4.69, 9.17) is 4.42 Å². The average Bonchev–Trinajstić information content (AvgIpc) is 2.92. The van der Waals surface area contributed by atoms with Crippen molar-refractivity contribution in [3.05, 3.63) is 48.0 Å². The van der Waals surface area contributed by atoms with Crippen LogP contribution in [-0.4, -0.2) is 22.0 Å². The van der Waals surface area contributed by atoms with Crippen molar-refractivity contribution in [1.82, 2.24) is 0 Å². The number of furan rings is 1. The van der Waals surface area contributed by atoms with Crippen molar-refractivity contribution in [2.75, 3.05) is 0 Å². The molecule has 0 saturated heterocycles. The second-order valence-corrected chi connectivity index (χ2v) is 6.72. The topological polar surface area (TPSA) is 83.0 Å². The van der Waals surface area contributed by atoms with Crippen molar-refractivity contribution in [2.24, 2.45) is 17.0 Å². The Hall–Kier alpha value is -2.82. The number of hydrogen-bond donors (Lipinski definition) is 2. The molecule has 130 valence electrons. The van der Waals surface area contributed by atoms with Crippen LogP contribution in [0, 0.1) is 11.8 Å². The zero-order chi connectivity index (χ0) is 18.0. The molecule has 5 nitrogen and oxygen atoms in total. The van der Waals surface area contributed by atoms with Crippen LogP contribution >= 0.6 is 0 Å². The SMILES string of the molecule is CC(C)CC(CC(=O)O)C(=NO)c1ccc2oc3ccccc3c2c1. The van der Waals surface area contributed by atoms with E-state index in [1.807, 2.05) is 56.3 Å². The molecule has 3 aromatic rings. The molecule has 2 N–H and O–H groups in total. The van der Waals surface area contributed by atoms with Crippen molar-refractivity contribution >= 4 is 33.6 Å². The van der Waals surface area contributed by atoms with E-state index < -0.39 is 5.97 Å². The molecular weight excluding hydrogens is 318 g/mol. The summed E-state index contributed by atoms with van der Waals surface area (Å²) >= 11 is 0. The molecule has 0 amide bonds. The van der Waals surface area contributed by atoms with Crippen LogP contribution in [0.2, 0.25) is 0 Å². The Morgan fingerprint density at radius 2 is 1.84 bits per heavy atom. The first kappa shape index (κ1) is 17.0. The highest BCUT2D eigenvalue weighted by Crippen LogP contribution is 2.31. The molecular formula is C20H21NO4. The van der Waals surface area contributed by atoms with E-state index in [1.165, 1.54) is 0 Å². The second kappa shape index (κ2) is 6.97. The Balaban J connectivity index is 2.07. The first-order chi connectivity index (χ1) is 12.0. The van der Waals surface area contributed by atoms with Gasteiger partial charge in [0.2, 0.25) is 0 Å². The molecule has 3 rings (SSSR count). The molecule has 0 aliphatic carbocycles. The number of carboxylic acid groups (broad SMARTS) is 1. The summed E-state index contributed by atoms with van der Waals surface area (Å²) in [7, 11) is 0. The highest BCUT2D eigenvalue weighted by Gasteiger charge is 2.23. The number of rotatable bonds is 6. The van der Waals surface area contributed by atoms with E-state index in [2.05, 4.69) is 5.16 Å². The van der Waals surface area contributed by atoms with Crippen molar-refractivity contribution in [2.45, 2.75) is 26.7 Å². The first-order valence-corrected chi connectivity index (χ1v) is 8.35. The van der Waals surface area contributed by atoms with E-state index in [9.17, 15) is 15.1 Å². The number of aliphatic carboxylic acids is 1. The number of hydrogen-bond acceptors (Lipinski definition) is 4. The minimum absolute atomic E-state index is 0.0677. The van der Waals surface area contributed by atoms with E-state index in [1.54, 1.807) is 0 Å². The smallest absolute Gasteiger partial charge is 0.304 e. The van der Waals surface area contributed by atoms with Gasteiger partial charge in [-0.25, -0.2) is 0 Å². The number of oxime groups is 1. The summed E-state index contributed by atoms with van der Waals surface area (Å²) in [6.07, 6.45) is 0.567. The highest BCUT2D eigenvalue weighted by atomic mass is 16.4. The zero-order valence-electron chi connectivity index (χ0n) is 14.3. The molecule has 2 aromatic carbocycles. The molecule has 0 saturated carbocycles. The van der Waals surface area contributed by atoms with Crippen LogP contribution < -0.4 is 0 Å². The second-order valence-electron chi connectivity index (χ2n) is 6.72. The number of benzene rings is 2. The summed E-state index contributed by atoms with van der Waals surface area (Å²) in [5.41, 5.74) is 2.67. The molecule has 1 aromatic heterocycles. The van der Waals surface area contributed by atoms with Gasteiger partial charge in [0, 0.05) is 22.3 Å². The van der Waals surface area contributed by atoms with Crippen LogP contribution in [0.15, 0.2) is 52.0 Å². The van der Waals surface area contributed by atoms with Crippen LogP contribution in [-0.2, 0) is 4.79 Å². The van der Waals surface area contributed by atoms with Crippen LogP contribution in [0.1, 0.15) is 32.3 Å². The molecule has 0 spiro atoms. The van der Waals surface area contributed by atoms with Crippen LogP contribution in [0.3, 0.4) is 0 Å². The predicted octanol–water partition coefficient (Wildman–Crippen LogP) is 4.90. The maximum atomic E-state index is 11.2. The summed E-state index contributed by atoms with van der Waals surface area (Å²) in [5, 5.41) is 24.2. The van der Waals surface area contributed by atoms with E-state index in [0.29, 0.717) is 23.6 Å². The lowest BCUT2D eigenvalue weighted by Crippen LogP contribution is -2.21. The maximum Gasteiger partial charge on any atom is 0.304 e. The van der Waals surface area contributed by atoms with Gasteiger partial charge in [-0.1, -0.05) is 37.2 Å². The van der Waals surface area contributed by atoms with Gasteiger partial charge >= 0.3 is 5.97 Å². The van der Waals surface area contributed by atoms with E-state index >= 15 is 0 Å². The fourth-order valence-corrected chi connectivity index (χ4v) is 3.33. The third kappa shape index (κ3) is 3.50. The van der Waals surface area contributed by atoms with Crippen molar-refractivity contribution < 1.29 is 19.5 Å². The molecule has 0 aliphatic rings. The average molecular weight is 339 g/mol. The first-order valence-electron chi connectivity index (χ1n) is 8.35. The van der Waals surface area contributed by atoms with Gasteiger partial charge in [0.25, 0.3) is 0 Å². The zero-order valence-corrected chi connectivity index (χ0v) is 14.3. The molecule has 1 unspecified atom stereocenters. The fraction of sp³-hybridized carbons (Fsp3) is 0.300. The van der Waals surface area contributed by atoms with Gasteiger partial charge in [0.15, 0.2) is 0 Å². The van der Waals surface area contributed by atoms with Crippen LogP contribution in [0.5, 0.6) is 0 Å². The van der Waals surface area contributed by atoms with Gasteiger partial charge in [-0.15, -0.1) is 0 Å². The summed E-state index contributed by atoms with van der Waals surface area (Å²) < 4.78 is 5.81. The van der Waals surface area contributed by atoms with Gasteiger partial charge in [-0.05, 0) is 36.6 Å². The lowest BCUT2D eigenvalue weighted by Gasteiger charge is -2.18. The Morgan fingerprint density at radius 3 is 2.52 bits per heavy atom. The molecule has 0 bridgehead atoms. The van der Waals surface area contributed by atoms with Crippen molar-refractivity contribution in [3.8, 4) is 0 Å². The Kier molecular flexibility index (Phi) is 4.74. The lowest BCUT2D eigenvalue weighted by atomic mass is 9.86. The van der Waals surface area contributed by atoms with Gasteiger partial charge in [0.1, 0.15) is 11.2 Å². The van der Waals surface area contributed by atoms with Gasteiger partial charge in [-0.2, -0.15) is 0 Å². The number of para-hydroxylation sites is 1. The summed E-state index contributed by atoms with van der Waals surface area (Å²) in [6.45, 7) is 4.05. The molecule has 1 atom stereocenters. The highest BCUT2D eigenvalue weighted by molar-refractivity contribution is 6.10. The van der Waals surface area contributed by atoms with Crippen molar-refractivity contribution in [3.63, 3.8) is 0 Å². The molecule has 1 heterocycles. The lowest BCUT2D eigenvalue weighted by molar-refractivity contribution is -0.137. The Bertz CT molecular complexity index is 939. The van der Waals surface area contributed by atoms with Gasteiger partial charge in [0.05, 0.1) is 12.1 Å². The molecule has 0 fully saturated rings. The number of nitrogens with zero attached hydrogens (tertiary/aromatic N) is 1. The predicted molar refractivity (Wildman–Crippen MR) is 97.2 cm³/mol. The molecule has 5 heteroatoms. The van der Waals surface area contributed by atoms with Crippen LogP contribution in [0.4, 0.5) is 0 Å². The maximum absolute atomic E-state index is 11.2. The number of carboxylic acids is 1. The number of carbonyl (C=O) groups is 1. The minimum Gasteiger partial charge on any atom is -0.481 e. The van der Waals surface area contributed by atoms with Crippen molar-refractivity contribution in [1.29, 1.82) is 0 Å². The minimum atomic E-state index is -0.901. The third-order valence-electron chi connectivity index (χ3n) is 4.34. The third-order valence-corrected chi connectivity index (χ3v) is 4.34. The molecule has 0 aliphatic heterocycles. The normalized spacial score (nSPS) is 13.6. The summed E-state index contributed by atoms with van der Waals surface area (Å²) in [5.74, 6) is -0.959. The molecule has 0 radical (unpaired) electrons. The largest absolute Gasteiger partial charge is 0.481 e. The van der Waals surface area contributed by atoms with Crippen LogP contribution in [0.25, 0.3) is 21.9 Å². The standard InChI is InChI=1S/C20H21NO4/c1-12(2)9-14(11-19(22)23)20(21-24)13-7-8-18-16(10-13)15-5-3-4-6-17(15)25-18/h3-8,10,12,14,24H,9,11H2,1-2H3,(H,22,23). The number of fused-ring (bicyclic) bond motifs is 3. The Morgan fingerprint density at radius 1 is 1.12 bits per heavy atom. The Labute approximate surface area is 145 Å². The van der Waals surface area contributed by atoms with E-state index in [-0.39, 0.29) is 12.3 Å². The van der Waals surface area contributed by atoms with E-state index in [0.717, 1.165) is 21.9 Å². The van der Waals surface area contributed by atoms with Gasteiger partial charge in [-0.3, -0.25) is 4.79 Å². The summed E-state index contributed by atoms with van der Waals surface area (Å²) in [4.78, 5) is 11.2. The molecule has 25 heavy (non-hydrogen) atoms. The fourth-order valence-electron chi connectivity index (χ4n) is 3.33. The summed E-state index contributed by atoms with van der Waals surface area (Å²) in [6, 6.07) is 13.3. The monoisotopic (exact) mass is 339 g/mol. The van der Waals surface area contributed by atoms with Gasteiger partial charge < -0.3 is 14.7 Å².